The van der Waals surface area contributed by atoms with Crippen LogP contribution in [0.2, 0.25) is 0 Å². The van der Waals surface area contributed by atoms with E-state index in [9.17, 15) is 5.11 Å². The van der Waals surface area contributed by atoms with Gasteiger partial charge in [0.05, 0.1) is 22.1 Å². The van der Waals surface area contributed by atoms with Crippen LogP contribution in [0.3, 0.4) is 0 Å². The average molecular weight is 386 g/mol. The van der Waals surface area contributed by atoms with Crippen molar-refractivity contribution in [2.24, 2.45) is 23.7 Å². The summed E-state index contributed by atoms with van der Waals surface area (Å²) in [5.74, 6) is 3.35. The van der Waals surface area contributed by atoms with E-state index >= 15 is 0 Å². The number of benzene rings is 3. The fraction of sp³-hybridized carbons (Fsp3) is 0.440. The molecule has 0 atom stereocenters. The molecule has 141 valence electrons. The molecule has 4 bridgehead atoms. The lowest BCUT2D eigenvalue weighted by Gasteiger charge is -2.59. The predicted octanol–water partition coefficient (Wildman–Crippen LogP) is 5.14. The standard InChI is InChI=1S/C25H25O2Si/c26-25(17-10-15-9-16(12-17)13-18(25)11-15)23-19-5-1-3-7-21(19)24(27-14-28)22-8-4-2-6-20(22)23/h1-8,15-18,26H,9-14H2. The van der Waals surface area contributed by atoms with Gasteiger partial charge in [-0.15, -0.1) is 0 Å². The van der Waals surface area contributed by atoms with Crippen molar-refractivity contribution in [1.82, 2.24) is 0 Å². The fourth-order valence-electron chi connectivity index (χ4n) is 7.06. The minimum atomic E-state index is -0.723. The summed E-state index contributed by atoms with van der Waals surface area (Å²) in [5, 5.41) is 17.0. The molecule has 2 nitrogen and oxygen atoms in total. The molecule has 0 aliphatic heterocycles. The number of aliphatic hydroxyl groups is 1. The maximum Gasteiger partial charge on any atom is 0.134 e. The van der Waals surface area contributed by atoms with Gasteiger partial charge in [-0.05, 0) is 72.1 Å². The van der Waals surface area contributed by atoms with E-state index in [0.717, 1.165) is 44.7 Å². The Bertz CT molecular complexity index is 988. The average Bonchev–Trinajstić information content (AvgIpc) is 2.71. The largest absolute Gasteiger partial charge is 0.497 e. The molecule has 4 aliphatic carbocycles. The molecular formula is C25H25O2Si. The molecule has 0 unspecified atom stereocenters. The number of hydrogen-bond donors (Lipinski definition) is 1. The normalized spacial score (nSPS) is 33.6. The molecule has 3 aromatic rings. The third kappa shape index (κ3) is 2.18. The molecule has 3 heteroatoms. The molecular weight excluding hydrogens is 360 g/mol. The first-order valence-electron chi connectivity index (χ1n) is 10.6. The van der Waals surface area contributed by atoms with E-state index in [1.807, 2.05) is 0 Å². The first kappa shape index (κ1) is 17.1. The Morgan fingerprint density at radius 3 is 1.71 bits per heavy atom. The second kappa shape index (κ2) is 6.08. The van der Waals surface area contributed by atoms with Crippen molar-refractivity contribution in [3.05, 3.63) is 54.1 Å². The van der Waals surface area contributed by atoms with Crippen molar-refractivity contribution in [2.75, 3.05) is 6.23 Å². The zero-order valence-electron chi connectivity index (χ0n) is 16.0. The Morgan fingerprint density at radius 1 is 0.786 bits per heavy atom. The lowest BCUT2D eigenvalue weighted by atomic mass is 9.48. The third-order valence-electron chi connectivity index (χ3n) is 7.88. The molecule has 4 fully saturated rings. The van der Waals surface area contributed by atoms with Crippen molar-refractivity contribution >= 4 is 31.8 Å². The number of fused-ring (bicyclic) bond motifs is 2. The van der Waals surface area contributed by atoms with Gasteiger partial charge in [-0.25, -0.2) is 0 Å². The minimum absolute atomic E-state index is 0.387. The SMILES string of the molecule is OC1(c2c3ccccc3c(OC[Si])c3ccccc23)C2CC3CC(C2)CC1C3. The molecule has 4 saturated carbocycles. The van der Waals surface area contributed by atoms with E-state index in [1.54, 1.807) is 0 Å². The van der Waals surface area contributed by atoms with Crippen LogP contribution in [0.25, 0.3) is 21.5 Å². The summed E-state index contributed by atoms with van der Waals surface area (Å²) in [7, 11) is 3.49. The molecule has 3 aromatic carbocycles. The van der Waals surface area contributed by atoms with E-state index in [2.05, 4.69) is 58.8 Å². The maximum atomic E-state index is 12.4. The molecule has 0 amide bonds. The van der Waals surface area contributed by atoms with Gasteiger partial charge in [0.1, 0.15) is 5.75 Å². The molecule has 0 aromatic heterocycles. The zero-order chi connectivity index (χ0) is 18.9. The van der Waals surface area contributed by atoms with Crippen LogP contribution in [-0.4, -0.2) is 21.6 Å². The van der Waals surface area contributed by atoms with Crippen LogP contribution < -0.4 is 4.74 Å². The van der Waals surface area contributed by atoms with Gasteiger partial charge in [0.25, 0.3) is 0 Å². The van der Waals surface area contributed by atoms with Gasteiger partial charge in [-0.1, -0.05) is 48.5 Å². The number of hydrogen-bond acceptors (Lipinski definition) is 2. The first-order chi connectivity index (χ1) is 13.7. The lowest BCUT2D eigenvalue weighted by molar-refractivity contribution is -0.177. The number of ether oxygens (including phenoxy) is 1. The third-order valence-corrected chi connectivity index (χ3v) is 8.03. The van der Waals surface area contributed by atoms with Crippen LogP contribution in [0.15, 0.2) is 48.5 Å². The second-order valence-electron chi connectivity index (χ2n) is 9.21. The van der Waals surface area contributed by atoms with E-state index in [4.69, 9.17) is 4.74 Å². The smallest absolute Gasteiger partial charge is 0.134 e. The molecule has 0 saturated heterocycles. The van der Waals surface area contributed by atoms with Crippen LogP contribution in [0.5, 0.6) is 5.75 Å². The Hall–Kier alpha value is -1.84. The van der Waals surface area contributed by atoms with E-state index in [1.165, 1.54) is 32.1 Å². The topological polar surface area (TPSA) is 29.5 Å². The van der Waals surface area contributed by atoms with Crippen molar-refractivity contribution in [2.45, 2.75) is 37.7 Å². The highest BCUT2D eigenvalue weighted by Gasteiger charge is 2.58. The quantitative estimate of drug-likeness (QED) is 0.500. The van der Waals surface area contributed by atoms with Gasteiger partial charge in [-0.2, -0.15) is 0 Å². The van der Waals surface area contributed by atoms with E-state index in [0.29, 0.717) is 18.1 Å². The van der Waals surface area contributed by atoms with Gasteiger partial charge in [0, 0.05) is 10.8 Å². The minimum Gasteiger partial charge on any atom is -0.497 e. The summed E-state index contributed by atoms with van der Waals surface area (Å²) in [5.41, 5.74) is 0.438. The summed E-state index contributed by atoms with van der Waals surface area (Å²) < 4.78 is 6.06. The highest BCUT2D eigenvalue weighted by Crippen LogP contribution is 2.63. The zero-order valence-corrected chi connectivity index (χ0v) is 17.0. The first-order valence-corrected chi connectivity index (χ1v) is 11.3. The Morgan fingerprint density at radius 2 is 1.25 bits per heavy atom. The molecule has 28 heavy (non-hydrogen) atoms. The summed E-state index contributed by atoms with van der Waals surface area (Å²) >= 11 is 0. The molecule has 0 heterocycles. The van der Waals surface area contributed by atoms with E-state index < -0.39 is 5.60 Å². The van der Waals surface area contributed by atoms with Gasteiger partial charge in [0.15, 0.2) is 0 Å². The van der Waals surface area contributed by atoms with Crippen molar-refractivity contribution in [3.8, 4) is 5.75 Å². The Balaban J connectivity index is 1.70. The highest BCUT2D eigenvalue weighted by atomic mass is 28.1. The van der Waals surface area contributed by atoms with Gasteiger partial charge >= 0.3 is 0 Å². The predicted molar refractivity (Wildman–Crippen MR) is 114 cm³/mol. The molecule has 4 aliphatic rings. The number of rotatable bonds is 3. The maximum absolute atomic E-state index is 12.4. The van der Waals surface area contributed by atoms with Gasteiger partial charge in [0.2, 0.25) is 0 Å². The molecule has 7 rings (SSSR count). The van der Waals surface area contributed by atoms with Gasteiger partial charge < -0.3 is 9.84 Å². The van der Waals surface area contributed by atoms with Crippen LogP contribution in [-0.2, 0) is 5.60 Å². The fourth-order valence-corrected chi connectivity index (χ4v) is 7.20. The van der Waals surface area contributed by atoms with Crippen molar-refractivity contribution in [3.63, 3.8) is 0 Å². The van der Waals surface area contributed by atoms with Crippen molar-refractivity contribution in [1.29, 1.82) is 0 Å². The summed E-state index contributed by atoms with van der Waals surface area (Å²) in [4.78, 5) is 0. The lowest BCUT2D eigenvalue weighted by Crippen LogP contribution is -2.55. The summed E-state index contributed by atoms with van der Waals surface area (Å²) in [6.45, 7) is 0. The highest BCUT2D eigenvalue weighted by molar-refractivity contribution is 6.11. The monoisotopic (exact) mass is 385 g/mol. The summed E-state index contributed by atoms with van der Waals surface area (Å²) in [6.07, 6.45) is 6.59. The van der Waals surface area contributed by atoms with Crippen LogP contribution in [0, 0.1) is 23.7 Å². The second-order valence-corrected chi connectivity index (χ2v) is 9.50. The van der Waals surface area contributed by atoms with Crippen molar-refractivity contribution < 1.29 is 9.84 Å². The Kier molecular flexibility index (Phi) is 3.70. The Labute approximate surface area is 169 Å². The molecule has 0 spiro atoms. The molecule has 3 radical (unpaired) electrons. The summed E-state index contributed by atoms with van der Waals surface area (Å²) in [6, 6.07) is 17.0. The van der Waals surface area contributed by atoms with Crippen LogP contribution >= 0.6 is 0 Å². The van der Waals surface area contributed by atoms with Crippen LogP contribution in [0.1, 0.15) is 37.7 Å². The van der Waals surface area contributed by atoms with Crippen LogP contribution in [0.4, 0.5) is 0 Å². The van der Waals surface area contributed by atoms with Gasteiger partial charge in [-0.3, -0.25) is 0 Å². The van der Waals surface area contributed by atoms with E-state index in [-0.39, 0.29) is 0 Å². The molecule has 1 N–H and O–H groups in total.